The largest absolute Gasteiger partial charge is 0.493 e. The van der Waals surface area contributed by atoms with Gasteiger partial charge in [0.15, 0.2) is 11.5 Å². The van der Waals surface area contributed by atoms with Gasteiger partial charge in [0.1, 0.15) is 0 Å². The molecule has 19 heavy (non-hydrogen) atoms. The number of ether oxygens (including phenoxy) is 2. The summed E-state index contributed by atoms with van der Waals surface area (Å²) in [5, 5.41) is 14.4. The van der Waals surface area contributed by atoms with Crippen molar-refractivity contribution in [2.24, 2.45) is 0 Å². The summed E-state index contributed by atoms with van der Waals surface area (Å²) in [5.74, 6) is 1.25. The second kappa shape index (κ2) is 5.75. The van der Waals surface area contributed by atoms with E-state index in [0.29, 0.717) is 18.0 Å². The SMILES string of the molecule is COc1ccc(C(O)Cn2cc(C)cn2)cc1OC. The van der Waals surface area contributed by atoms with Gasteiger partial charge in [-0.05, 0) is 30.2 Å². The maximum Gasteiger partial charge on any atom is 0.161 e. The fourth-order valence-electron chi connectivity index (χ4n) is 1.91. The molecule has 1 heterocycles. The zero-order valence-corrected chi connectivity index (χ0v) is 11.3. The summed E-state index contributed by atoms with van der Waals surface area (Å²) in [4.78, 5) is 0. The summed E-state index contributed by atoms with van der Waals surface area (Å²) < 4.78 is 12.1. The molecule has 0 radical (unpaired) electrons. The van der Waals surface area contributed by atoms with Crippen molar-refractivity contribution in [3.05, 3.63) is 41.7 Å². The van der Waals surface area contributed by atoms with Gasteiger partial charge >= 0.3 is 0 Å². The smallest absolute Gasteiger partial charge is 0.161 e. The van der Waals surface area contributed by atoms with Crippen molar-refractivity contribution < 1.29 is 14.6 Å². The third-order valence-electron chi connectivity index (χ3n) is 2.91. The highest BCUT2D eigenvalue weighted by molar-refractivity contribution is 5.43. The van der Waals surface area contributed by atoms with Crippen LogP contribution < -0.4 is 9.47 Å². The lowest BCUT2D eigenvalue weighted by atomic mass is 10.1. The highest BCUT2D eigenvalue weighted by Crippen LogP contribution is 2.30. The number of aliphatic hydroxyl groups excluding tert-OH is 1. The Labute approximate surface area is 112 Å². The minimum absolute atomic E-state index is 0.406. The van der Waals surface area contributed by atoms with Gasteiger partial charge < -0.3 is 14.6 Å². The van der Waals surface area contributed by atoms with Crippen LogP contribution >= 0.6 is 0 Å². The highest BCUT2D eigenvalue weighted by atomic mass is 16.5. The maximum absolute atomic E-state index is 10.2. The average molecular weight is 262 g/mol. The molecule has 1 atom stereocenters. The van der Waals surface area contributed by atoms with E-state index in [-0.39, 0.29) is 0 Å². The third-order valence-corrected chi connectivity index (χ3v) is 2.91. The van der Waals surface area contributed by atoms with E-state index >= 15 is 0 Å². The molecule has 5 nitrogen and oxygen atoms in total. The highest BCUT2D eigenvalue weighted by Gasteiger charge is 2.12. The number of aromatic nitrogens is 2. The van der Waals surface area contributed by atoms with E-state index in [2.05, 4.69) is 5.10 Å². The molecular formula is C14H18N2O3. The predicted molar refractivity (Wildman–Crippen MR) is 71.5 cm³/mol. The number of aryl methyl sites for hydroxylation is 1. The van der Waals surface area contributed by atoms with Gasteiger partial charge in [-0.2, -0.15) is 5.10 Å². The van der Waals surface area contributed by atoms with Crippen LogP contribution in [0.4, 0.5) is 0 Å². The van der Waals surface area contributed by atoms with Crippen molar-refractivity contribution in [3.8, 4) is 11.5 Å². The molecule has 0 amide bonds. The third kappa shape index (κ3) is 3.06. The van der Waals surface area contributed by atoms with Crippen molar-refractivity contribution in [2.45, 2.75) is 19.6 Å². The summed E-state index contributed by atoms with van der Waals surface area (Å²) in [6.45, 7) is 2.37. The van der Waals surface area contributed by atoms with Gasteiger partial charge in [-0.25, -0.2) is 0 Å². The number of methoxy groups -OCH3 is 2. The van der Waals surface area contributed by atoms with Crippen molar-refractivity contribution in [1.29, 1.82) is 0 Å². The van der Waals surface area contributed by atoms with Gasteiger partial charge in [0.2, 0.25) is 0 Å². The molecule has 5 heteroatoms. The first-order valence-electron chi connectivity index (χ1n) is 6.03. The van der Waals surface area contributed by atoms with Crippen LogP contribution in [0.25, 0.3) is 0 Å². The number of rotatable bonds is 5. The second-order valence-corrected chi connectivity index (χ2v) is 4.37. The first-order chi connectivity index (χ1) is 9.13. The number of hydrogen-bond donors (Lipinski definition) is 1. The fraction of sp³-hybridized carbons (Fsp3) is 0.357. The van der Waals surface area contributed by atoms with Gasteiger partial charge in [-0.1, -0.05) is 6.07 Å². The fourth-order valence-corrected chi connectivity index (χ4v) is 1.91. The molecule has 0 saturated carbocycles. The summed E-state index contributed by atoms with van der Waals surface area (Å²) in [6, 6.07) is 5.38. The van der Waals surface area contributed by atoms with Crippen LogP contribution in [0.15, 0.2) is 30.6 Å². The Kier molecular flexibility index (Phi) is 4.06. The van der Waals surface area contributed by atoms with E-state index in [4.69, 9.17) is 9.47 Å². The number of hydrogen-bond acceptors (Lipinski definition) is 4. The molecule has 1 unspecified atom stereocenters. The van der Waals surface area contributed by atoms with Crippen molar-refractivity contribution in [3.63, 3.8) is 0 Å². The molecule has 1 N–H and O–H groups in total. The first kappa shape index (κ1) is 13.4. The van der Waals surface area contributed by atoms with Crippen LogP contribution in [0.3, 0.4) is 0 Å². The molecule has 1 aromatic heterocycles. The molecule has 102 valence electrons. The Hall–Kier alpha value is -2.01. The van der Waals surface area contributed by atoms with Gasteiger partial charge in [0.05, 0.1) is 33.1 Å². The molecule has 0 bridgehead atoms. The lowest BCUT2D eigenvalue weighted by Gasteiger charge is -2.14. The van der Waals surface area contributed by atoms with E-state index in [0.717, 1.165) is 11.1 Å². The zero-order chi connectivity index (χ0) is 13.8. The molecule has 0 spiro atoms. The minimum Gasteiger partial charge on any atom is -0.493 e. The van der Waals surface area contributed by atoms with Crippen LogP contribution in [-0.2, 0) is 6.54 Å². The molecule has 0 saturated heterocycles. The van der Waals surface area contributed by atoms with Gasteiger partial charge in [-0.15, -0.1) is 0 Å². The average Bonchev–Trinajstić information content (AvgIpc) is 2.83. The molecule has 0 fully saturated rings. The van der Waals surface area contributed by atoms with Crippen molar-refractivity contribution >= 4 is 0 Å². The second-order valence-electron chi connectivity index (χ2n) is 4.37. The Morgan fingerprint density at radius 2 is 2.00 bits per heavy atom. The van der Waals surface area contributed by atoms with E-state index in [1.807, 2.05) is 19.2 Å². The number of benzene rings is 1. The Balaban J connectivity index is 2.16. The quantitative estimate of drug-likeness (QED) is 0.894. The van der Waals surface area contributed by atoms with Crippen LogP contribution in [0, 0.1) is 6.92 Å². The molecular weight excluding hydrogens is 244 g/mol. The van der Waals surface area contributed by atoms with Crippen LogP contribution in [-0.4, -0.2) is 29.1 Å². The van der Waals surface area contributed by atoms with E-state index in [1.165, 1.54) is 0 Å². The minimum atomic E-state index is -0.640. The summed E-state index contributed by atoms with van der Waals surface area (Å²) in [7, 11) is 3.16. The van der Waals surface area contributed by atoms with Crippen LogP contribution in [0.2, 0.25) is 0 Å². The monoisotopic (exact) mass is 262 g/mol. The van der Waals surface area contributed by atoms with Gasteiger partial charge in [0, 0.05) is 6.20 Å². The van der Waals surface area contributed by atoms with Crippen LogP contribution in [0.5, 0.6) is 11.5 Å². The topological polar surface area (TPSA) is 56.5 Å². The standard InChI is InChI=1S/C14H18N2O3/c1-10-7-15-16(8-10)9-12(17)11-4-5-13(18-2)14(6-11)19-3/h4-8,12,17H,9H2,1-3H3. The predicted octanol–water partition coefficient (Wildman–Crippen LogP) is 1.94. The summed E-state index contributed by atoms with van der Waals surface area (Å²) >= 11 is 0. The van der Waals surface area contributed by atoms with E-state index in [1.54, 1.807) is 37.2 Å². The van der Waals surface area contributed by atoms with E-state index in [9.17, 15) is 5.11 Å². The maximum atomic E-state index is 10.2. The van der Waals surface area contributed by atoms with Crippen molar-refractivity contribution in [2.75, 3.05) is 14.2 Å². The van der Waals surface area contributed by atoms with Gasteiger partial charge in [-0.3, -0.25) is 4.68 Å². The summed E-state index contributed by atoms with van der Waals surface area (Å²) in [5.41, 5.74) is 1.84. The Morgan fingerprint density at radius 1 is 1.26 bits per heavy atom. The number of nitrogens with zero attached hydrogens (tertiary/aromatic N) is 2. The molecule has 2 aromatic rings. The van der Waals surface area contributed by atoms with Crippen LogP contribution in [0.1, 0.15) is 17.2 Å². The Morgan fingerprint density at radius 3 is 2.58 bits per heavy atom. The molecule has 0 aliphatic rings. The Bertz CT molecular complexity index is 551. The molecule has 0 aliphatic heterocycles. The van der Waals surface area contributed by atoms with Gasteiger partial charge in [0.25, 0.3) is 0 Å². The molecule has 2 rings (SSSR count). The molecule has 1 aromatic carbocycles. The lowest BCUT2D eigenvalue weighted by molar-refractivity contribution is 0.151. The molecule has 0 aliphatic carbocycles. The lowest BCUT2D eigenvalue weighted by Crippen LogP contribution is -2.09. The number of aliphatic hydroxyl groups is 1. The van der Waals surface area contributed by atoms with E-state index < -0.39 is 6.10 Å². The first-order valence-corrected chi connectivity index (χ1v) is 6.03. The summed E-state index contributed by atoms with van der Waals surface area (Å²) in [6.07, 6.45) is 3.02. The normalized spacial score (nSPS) is 12.2. The zero-order valence-electron chi connectivity index (χ0n) is 11.3. The van der Waals surface area contributed by atoms with Crippen molar-refractivity contribution in [1.82, 2.24) is 9.78 Å².